The molecule has 1 amide bonds. The number of amides is 1. The predicted molar refractivity (Wildman–Crippen MR) is 112 cm³/mol. The summed E-state index contributed by atoms with van der Waals surface area (Å²) in [5.41, 5.74) is 2.40. The molecule has 0 fully saturated rings. The van der Waals surface area contributed by atoms with Gasteiger partial charge in [-0.3, -0.25) is 4.79 Å². The number of sulfonamides is 1. The Hall–Kier alpha value is -2.42. The Kier molecular flexibility index (Phi) is 7.05. The second-order valence-corrected chi connectivity index (χ2v) is 9.26. The van der Waals surface area contributed by atoms with E-state index in [2.05, 4.69) is 5.32 Å². The minimum atomic E-state index is -3.84. The van der Waals surface area contributed by atoms with E-state index in [1.807, 2.05) is 32.0 Å². The first-order valence-electron chi connectivity index (χ1n) is 8.75. The van der Waals surface area contributed by atoms with Gasteiger partial charge in [0.1, 0.15) is 4.90 Å². The van der Waals surface area contributed by atoms with Gasteiger partial charge in [0.2, 0.25) is 10.0 Å². The smallest absolute Gasteiger partial charge is 0.338 e. The fourth-order valence-electron chi connectivity index (χ4n) is 2.54. The zero-order chi connectivity index (χ0) is 21.9. The number of esters is 1. The molecule has 0 aliphatic carbocycles. The third-order valence-electron chi connectivity index (χ3n) is 4.31. The molecule has 2 aromatic rings. The summed E-state index contributed by atoms with van der Waals surface area (Å²) >= 11 is 5.98. The molecular weight excluding hydrogens is 416 g/mol. The SMILES string of the molecule is Cc1cccc(C)c1NC(=O)C(C)OC(=O)c1ccc(Cl)c(S(=O)(=O)N(C)C)c1. The van der Waals surface area contributed by atoms with Crippen LogP contribution in [0.25, 0.3) is 0 Å². The van der Waals surface area contributed by atoms with Crippen molar-refractivity contribution in [2.45, 2.75) is 31.8 Å². The summed E-state index contributed by atoms with van der Waals surface area (Å²) in [7, 11) is -1.13. The van der Waals surface area contributed by atoms with Gasteiger partial charge in [-0.2, -0.15) is 0 Å². The lowest BCUT2D eigenvalue weighted by Gasteiger charge is -2.17. The van der Waals surface area contributed by atoms with Gasteiger partial charge in [0.05, 0.1) is 10.6 Å². The van der Waals surface area contributed by atoms with Crippen molar-refractivity contribution in [3.05, 3.63) is 58.1 Å². The van der Waals surface area contributed by atoms with Gasteiger partial charge in [0, 0.05) is 19.8 Å². The van der Waals surface area contributed by atoms with Crippen molar-refractivity contribution < 1.29 is 22.7 Å². The molecule has 0 spiro atoms. The largest absolute Gasteiger partial charge is 0.449 e. The van der Waals surface area contributed by atoms with Crippen LogP contribution in [-0.2, 0) is 19.6 Å². The molecule has 29 heavy (non-hydrogen) atoms. The lowest BCUT2D eigenvalue weighted by Crippen LogP contribution is -2.30. The Labute approximate surface area is 175 Å². The normalized spacial score (nSPS) is 12.5. The number of halogens is 1. The summed E-state index contributed by atoms with van der Waals surface area (Å²) in [6.45, 7) is 5.16. The van der Waals surface area contributed by atoms with Crippen LogP contribution in [0.1, 0.15) is 28.4 Å². The van der Waals surface area contributed by atoms with Crippen LogP contribution >= 0.6 is 11.6 Å². The molecule has 0 aromatic heterocycles. The summed E-state index contributed by atoms with van der Waals surface area (Å²) in [6.07, 6.45) is -1.09. The van der Waals surface area contributed by atoms with Crippen LogP contribution in [0.2, 0.25) is 5.02 Å². The second kappa shape index (κ2) is 8.94. The van der Waals surface area contributed by atoms with Gasteiger partial charge in [-0.1, -0.05) is 29.8 Å². The highest BCUT2D eigenvalue weighted by Gasteiger charge is 2.25. The first-order chi connectivity index (χ1) is 13.4. The summed E-state index contributed by atoms with van der Waals surface area (Å²) < 4.78 is 30.9. The van der Waals surface area contributed by atoms with Crippen molar-refractivity contribution in [3.8, 4) is 0 Å². The molecule has 0 heterocycles. The third kappa shape index (κ3) is 5.14. The maximum Gasteiger partial charge on any atom is 0.338 e. The lowest BCUT2D eigenvalue weighted by atomic mass is 10.1. The van der Waals surface area contributed by atoms with E-state index < -0.39 is 28.0 Å². The van der Waals surface area contributed by atoms with Gasteiger partial charge < -0.3 is 10.1 Å². The zero-order valence-corrected chi connectivity index (χ0v) is 18.4. The molecule has 1 unspecified atom stereocenters. The first-order valence-corrected chi connectivity index (χ1v) is 10.6. The summed E-state index contributed by atoms with van der Waals surface area (Å²) in [6, 6.07) is 9.38. The monoisotopic (exact) mass is 438 g/mol. The molecule has 1 N–H and O–H groups in total. The van der Waals surface area contributed by atoms with Crippen LogP contribution in [-0.4, -0.2) is 44.8 Å². The molecule has 1 atom stereocenters. The average molecular weight is 439 g/mol. The molecule has 9 heteroatoms. The Morgan fingerprint density at radius 2 is 1.69 bits per heavy atom. The fraction of sp³-hybridized carbons (Fsp3) is 0.300. The third-order valence-corrected chi connectivity index (χ3v) is 6.60. The van der Waals surface area contributed by atoms with Crippen LogP contribution in [0, 0.1) is 13.8 Å². The van der Waals surface area contributed by atoms with Gasteiger partial charge in [0.15, 0.2) is 6.10 Å². The van der Waals surface area contributed by atoms with E-state index in [4.69, 9.17) is 16.3 Å². The van der Waals surface area contributed by atoms with E-state index in [1.54, 1.807) is 0 Å². The van der Waals surface area contributed by atoms with E-state index in [0.717, 1.165) is 21.5 Å². The van der Waals surface area contributed by atoms with E-state index in [1.165, 1.54) is 33.2 Å². The van der Waals surface area contributed by atoms with E-state index in [9.17, 15) is 18.0 Å². The van der Waals surface area contributed by atoms with Crippen molar-refractivity contribution in [1.82, 2.24) is 4.31 Å². The number of rotatable bonds is 6. The van der Waals surface area contributed by atoms with Gasteiger partial charge in [0.25, 0.3) is 5.91 Å². The van der Waals surface area contributed by atoms with Gasteiger partial charge in [-0.25, -0.2) is 17.5 Å². The predicted octanol–water partition coefficient (Wildman–Crippen LogP) is 3.39. The molecule has 0 radical (unpaired) electrons. The summed E-state index contributed by atoms with van der Waals surface area (Å²) in [5.74, 6) is -1.33. The van der Waals surface area contributed by atoms with Crippen LogP contribution < -0.4 is 5.32 Å². The van der Waals surface area contributed by atoms with Gasteiger partial charge in [-0.15, -0.1) is 0 Å². The number of carbonyl (C=O) groups is 2. The van der Waals surface area contributed by atoms with Crippen LogP contribution in [0.5, 0.6) is 0 Å². The minimum absolute atomic E-state index is 0.0175. The number of carbonyl (C=O) groups excluding carboxylic acids is 2. The van der Waals surface area contributed by atoms with Crippen molar-refractivity contribution in [1.29, 1.82) is 0 Å². The van der Waals surface area contributed by atoms with Crippen molar-refractivity contribution in [2.75, 3.05) is 19.4 Å². The highest BCUT2D eigenvalue weighted by molar-refractivity contribution is 7.89. The van der Waals surface area contributed by atoms with Crippen LogP contribution in [0.4, 0.5) is 5.69 Å². The quantitative estimate of drug-likeness (QED) is 0.698. The zero-order valence-electron chi connectivity index (χ0n) is 16.8. The lowest BCUT2D eigenvalue weighted by molar-refractivity contribution is -0.123. The molecule has 0 aliphatic heterocycles. The van der Waals surface area contributed by atoms with Gasteiger partial charge >= 0.3 is 5.97 Å². The molecule has 0 saturated carbocycles. The van der Waals surface area contributed by atoms with E-state index in [0.29, 0.717) is 5.69 Å². The number of ether oxygens (including phenoxy) is 1. The molecule has 0 bridgehead atoms. The topological polar surface area (TPSA) is 92.8 Å². The Balaban J connectivity index is 2.19. The highest BCUT2D eigenvalue weighted by Crippen LogP contribution is 2.25. The molecule has 0 saturated heterocycles. The van der Waals surface area contributed by atoms with E-state index >= 15 is 0 Å². The van der Waals surface area contributed by atoms with Crippen molar-refractivity contribution >= 4 is 39.2 Å². The number of nitrogens with zero attached hydrogens (tertiary/aromatic N) is 1. The van der Waals surface area contributed by atoms with Gasteiger partial charge in [-0.05, 0) is 50.1 Å². The maximum atomic E-state index is 12.5. The highest BCUT2D eigenvalue weighted by atomic mass is 35.5. The van der Waals surface area contributed by atoms with Crippen LogP contribution in [0.3, 0.4) is 0 Å². The molecular formula is C20H23ClN2O5S. The fourth-order valence-corrected chi connectivity index (χ4v) is 3.94. The Morgan fingerprint density at radius 1 is 1.10 bits per heavy atom. The number of hydrogen-bond donors (Lipinski definition) is 1. The standard InChI is InChI=1S/C20H23ClN2O5S/c1-12-7-6-8-13(2)18(12)22-19(24)14(3)28-20(25)15-9-10-16(21)17(11-15)29(26,27)23(4)5/h6-11,14H,1-5H3,(H,22,24). The Bertz CT molecular complexity index is 1030. The number of hydrogen-bond acceptors (Lipinski definition) is 5. The first kappa shape index (κ1) is 22.9. The second-order valence-electron chi connectivity index (χ2n) is 6.74. The van der Waals surface area contributed by atoms with Crippen molar-refractivity contribution in [2.24, 2.45) is 0 Å². The number of benzene rings is 2. The van der Waals surface area contributed by atoms with Crippen molar-refractivity contribution in [3.63, 3.8) is 0 Å². The summed E-state index contributed by atoms with van der Waals surface area (Å²) in [4.78, 5) is 24.7. The molecule has 2 rings (SSSR count). The maximum absolute atomic E-state index is 12.5. The number of para-hydroxylation sites is 1. The number of anilines is 1. The molecule has 7 nitrogen and oxygen atoms in total. The average Bonchev–Trinajstić information content (AvgIpc) is 2.64. The Morgan fingerprint density at radius 3 is 2.24 bits per heavy atom. The van der Waals surface area contributed by atoms with Crippen LogP contribution in [0.15, 0.2) is 41.3 Å². The molecule has 0 aliphatic rings. The number of nitrogens with one attached hydrogen (secondary N) is 1. The molecule has 2 aromatic carbocycles. The molecule has 156 valence electrons. The van der Waals surface area contributed by atoms with E-state index in [-0.39, 0.29) is 15.5 Å². The number of aryl methyl sites for hydroxylation is 2. The minimum Gasteiger partial charge on any atom is -0.449 e. The summed E-state index contributed by atoms with van der Waals surface area (Å²) in [5, 5.41) is 2.74.